The zero-order chi connectivity index (χ0) is 26.1. The van der Waals surface area contributed by atoms with E-state index in [2.05, 4.69) is 49.0 Å². The summed E-state index contributed by atoms with van der Waals surface area (Å²) in [7, 11) is -2.50. The van der Waals surface area contributed by atoms with Crippen LogP contribution in [0.25, 0.3) is 0 Å². The quantitative estimate of drug-likeness (QED) is 0.179. The molecule has 1 amide bonds. The van der Waals surface area contributed by atoms with Gasteiger partial charge in [-0.1, -0.05) is 46.8 Å². The van der Waals surface area contributed by atoms with E-state index in [0.29, 0.717) is 33.8 Å². The van der Waals surface area contributed by atoms with Gasteiger partial charge in [0, 0.05) is 4.47 Å². The average Bonchev–Trinajstić information content (AvgIpc) is 2.87. The number of hydrogen-bond acceptors (Lipinski definition) is 6. The number of benzene rings is 3. The number of nitrogens with zero attached hydrogens (tertiary/aromatic N) is 2. The number of hydrogen-bond donors (Lipinski definition) is 1. The van der Waals surface area contributed by atoms with Crippen LogP contribution in [0.15, 0.2) is 98.3 Å². The number of sulfonamides is 1. The van der Waals surface area contributed by atoms with Crippen molar-refractivity contribution in [3.8, 4) is 11.5 Å². The molecule has 0 unspecified atom stereocenters. The first-order valence-electron chi connectivity index (χ1n) is 10.5. The Kier molecular flexibility index (Phi) is 9.68. The minimum absolute atomic E-state index is 0.0694. The molecule has 0 fully saturated rings. The smallest absolute Gasteiger partial charge is 0.264 e. The van der Waals surface area contributed by atoms with E-state index in [9.17, 15) is 13.2 Å². The van der Waals surface area contributed by atoms with Crippen molar-refractivity contribution >= 4 is 59.7 Å². The first kappa shape index (κ1) is 27.4. The Hall–Kier alpha value is -3.15. The SMILES string of the molecule is C=CCOc1c(Br)cc(/C=N\NC(=O)CN(c2ccc(Br)cc2)S(=O)(=O)c2ccccc2)cc1OC. The van der Waals surface area contributed by atoms with Crippen LogP contribution in [0.1, 0.15) is 5.56 Å². The van der Waals surface area contributed by atoms with Gasteiger partial charge in [-0.25, -0.2) is 13.8 Å². The Morgan fingerprint density at radius 2 is 1.81 bits per heavy atom. The van der Waals surface area contributed by atoms with Gasteiger partial charge >= 0.3 is 0 Å². The summed E-state index contributed by atoms with van der Waals surface area (Å²) >= 11 is 6.77. The van der Waals surface area contributed by atoms with Crippen molar-refractivity contribution in [2.75, 3.05) is 24.6 Å². The van der Waals surface area contributed by atoms with Crippen molar-refractivity contribution < 1.29 is 22.7 Å². The fourth-order valence-electron chi connectivity index (χ4n) is 3.08. The number of ether oxygens (including phenoxy) is 2. The molecule has 0 atom stereocenters. The average molecular weight is 637 g/mol. The van der Waals surface area contributed by atoms with E-state index in [-0.39, 0.29) is 4.90 Å². The van der Waals surface area contributed by atoms with E-state index >= 15 is 0 Å². The highest BCUT2D eigenvalue weighted by atomic mass is 79.9. The molecular weight excluding hydrogens is 614 g/mol. The molecule has 0 saturated carbocycles. The number of carbonyl (C=O) groups excluding carboxylic acids is 1. The van der Waals surface area contributed by atoms with E-state index in [1.165, 1.54) is 25.5 Å². The highest BCUT2D eigenvalue weighted by Gasteiger charge is 2.27. The predicted molar refractivity (Wildman–Crippen MR) is 147 cm³/mol. The molecule has 0 saturated heterocycles. The zero-order valence-corrected chi connectivity index (χ0v) is 23.2. The maximum Gasteiger partial charge on any atom is 0.264 e. The first-order valence-corrected chi connectivity index (χ1v) is 13.6. The topological polar surface area (TPSA) is 97.3 Å². The number of hydrazone groups is 1. The van der Waals surface area contributed by atoms with Crippen LogP contribution in [-0.4, -0.2) is 40.8 Å². The lowest BCUT2D eigenvalue weighted by atomic mass is 10.2. The summed E-state index contributed by atoms with van der Waals surface area (Å²) < 4.78 is 40.0. The van der Waals surface area contributed by atoms with Crippen molar-refractivity contribution in [1.82, 2.24) is 5.43 Å². The second kappa shape index (κ2) is 12.7. The van der Waals surface area contributed by atoms with Gasteiger partial charge in [0.05, 0.1) is 28.4 Å². The third-order valence-corrected chi connectivity index (χ3v) is 7.64. The highest BCUT2D eigenvalue weighted by molar-refractivity contribution is 9.10. The van der Waals surface area contributed by atoms with Gasteiger partial charge in [-0.3, -0.25) is 9.10 Å². The van der Waals surface area contributed by atoms with E-state index in [4.69, 9.17) is 9.47 Å². The molecule has 8 nitrogen and oxygen atoms in total. The van der Waals surface area contributed by atoms with Crippen molar-refractivity contribution in [3.63, 3.8) is 0 Å². The van der Waals surface area contributed by atoms with Crippen LogP contribution in [0.4, 0.5) is 5.69 Å². The number of anilines is 1. The van der Waals surface area contributed by atoms with Crippen LogP contribution in [0.5, 0.6) is 11.5 Å². The summed E-state index contributed by atoms with van der Waals surface area (Å²) in [5, 5.41) is 3.98. The van der Waals surface area contributed by atoms with Gasteiger partial charge in [-0.2, -0.15) is 5.10 Å². The van der Waals surface area contributed by atoms with Gasteiger partial charge in [0.2, 0.25) is 0 Å². The molecule has 0 bridgehead atoms. The Labute approximate surface area is 226 Å². The molecule has 1 N–H and O–H groups in total. The monoisotopic (exact) mass is 635 g/mol. The van der Waals surface area contributed by atoms with Crippen molar-refractivity contribution in [2.45, 2.75) is 4.90 Å². The summed E-state index contributed by atoms with van der Waals surface area (Å²) in [4.78, 5) is 12.8. The van der Waals surface area contributed by atoms with Gasteiger partial charge in [0.15, 0.2) is 11.5 Å². The van der Waals surface area contributed by atoms with Crippen LogP contribution in [0.2, 0.25) is 0 Å². The van der Waals surface area contributed by atoms with Crippen LogP contribution >= 0.6 is 31.9 Å². The largest absolute Gasteiger partial charge is 0.493 e. The van der Waals surface area contributed by atoms with Crippen molar-refractivity contribution in [3.05, 3.63) is 93.9 Å². The summed E-state index contributed by atoms with van der Waals surface area (Å²) in [5.74, 6) is 0.356. The number of halogens is 2. The first-order chi connectivity index (χ1) is 17.3. The lowest BCUT2D eigenvalue weighted by Gasteiger charge is -2.23. The molecule has 0 aromatic heterocycles. The molecule has 0 heterocycles. The molecular formula is C25H23Br2N3O5S. The standard InChI is InChI=1S/C25H23Br2N3O5S/c1-3-13-35-25-22(27)14-18(15-23(25)34-2)16-28-29-24(31)17-30(20-11-9-19(26)10-12-20)36(32,33)21-7-5-4-6-8-21/h3-12,14-16H,1,13,17H2,2H3,(H,29,31)/b28-16-. The lowest BCUT2D eigenvalue weighted by Crippen LogP contribution is -2.39. The molecule has 0 aliphatic rings. The Bertz CT molecular complexity index is 1350. The van der Waals surface area contributed by atoms with E-state index < -0.39 is 22.5 Å². The van der Waals surface area contributed by atoms with Crippen LogP contribution < -0.4 is 19.2 Å². The lowest BCUT2D eigenvalue weighted by molar-refractivity contribution is -0.119. The molecule has 3 aromatic carbocycles. The van der Waals surface area contributed by atoms with Gasteiger partial charge < -0.3 is 9.47 Å². The molecule has 0 aliphatic carbocycles. The number of rotatable bonds is 11. The van der Waals surface area contributed by atoms with Gasteiger partial charge in [0.1, 0.15) is 13.2 Å². The molecule has 0 radical (unpaired) electrons. The summed E-state index contributed by atoms with van der Waals surface area (Å²) in [6.07, 6.45) is 3.03. The van der Waals surface area contributed by atoms with Gasteiger partial charge in [-0.05, 0) is 70.0 Å². The fraction of sp³-hybridized carbons (Fsp3) is 0.120. The molecule has 3 aromatic rings. The second-order valence-corrected chi connectivity index (χ2v) is 10.9. The van der Waals surface area contributed by atoms with Gasteiger partial charge in [0.25, 0.3) is 15.9 Å². The van der Waals surface area contributed by atoms with E-state index in [1.807, 2.05) is 0 Å². The number of methoxy groups -OCH3 is 1. The molecule has 0 spiro atoms. The minimum atomic E-state index is -4.00. The van der Waals surface area contributed by atoms with Crippen molar-refractivity contribution in [2.24, 2.45) is 5.10 Å². The number of nitrogens with one attached hydrogen (secondary N) is 1. The Morgan fingerprint density at radius 3 is 2.44 bits per heavy atom. The Morgan fingerprint density at radius 1 is 1.11 bits per heavy atom. The maximum atomic E-state index is 13.3. The van der Waals surface area contributed by atoms with Crippen LogP contribution in [-0.2, 0) is 14.8 Å². The second-order valence-electron chi connectivity index (χ2n) is 7.23. The minimum Gasteiger partial charge on any atom is -0.493 e. The normalized spacial score (nSPS) is 11.2. The molecule has 188 valence electrons. The summed E-state index contributed by atoms with van der Waals surface area (Å²) in [6, 6.07) is 18.0. The fourth-order valence-corrected chi connectivity index (χ4v) is 5.36. The van der Waals surface area contributed by atoms with E-state index in [1.54, 1.807) is 60.7 Å². The van der Waals surface area contributed by atoms with E-state index in [0.717, 1.165) is 8.78 Å². The zero-order valence-electron chi connectivity index (χ0n) is 19.2. The molecule has 0 aliphatic heterocycles. The number of carbonyl (C=O) groups is 1. The molecule has 11 heteroatoms. The third kappa shape index (κ3) is 6.96. The highest BCUT2D eigenvalue weighted by Crippen LogP contribution is 2.36. The Balaban J connectivity index is 1.79. The maximum absolute atomic E-state index is 13.3. The molecule has 36 heavy (non-hydrogen) atoms. The van der Waals surface area contributed by atoms with Gasteiger partial charge in [-0.15, -0.1) is 0 Å². The number of amides is 1. The van der Waals surface area contributed by atoms with Crippen molar-refractivity contribution in [1.29, 1.82) is 0 Å². The molecule has 3 rings (SSSR count). The predicted octanol–water partition coefficient (Wildman–Crippen LogP) is 5.13. The third-order valence-electron chi connectivity index (χ3n) is 4.73. The summed E-state index contributed by atoms with van der Waals surface area (Å²) in [5.41, 5.74) is 3.34. The van der Waals surface area contributed by atoms with Crippen LogP contribution in [0, 0.1) is 0 Å². The van der Waals surface area contributed by atoms with Crippen LogP contribution in [0.3, 0.4) is 0 Å². The summed E-state index contributed by atoms with van der Waals surface area (Å²) in [6.45, 7) is 3.46.